The van der Waals surface area contributed by atoms with Gasteiger partial charge < -0.3 is 20.6 Å². The van der Waals surface area contributed by atoms with Crippen LogP contribution < -0.4 is 5.32 Å². The maximum atomic E-state index is 12.6. The maximum absolute atomic E-state index is 12.6. The van der Waals surface area contributed by atoms with E-state index < -0.39 is 18.2 Å². The molecule has 0 heterocycles. The van der Waals surface area contributed by atoms with Crippen LogP contribution in [0.4, 0.5) is 0 Å². The van der Waals surface area contributed by atoms with Crippen LogP contribution in [0.5, 0.6) is 0 Å². The minimum absolute atomic E-state index is 0.0437. The van der Waals surface area contributed by atoms with Gasteiger partial charge in [0.2, 0.25) is 5.91 Å². The number of carbonyl (C=O) groups excluding carboxylic acids is 1. The number of aliphatic hydroxyl groups is 3. The molecule has 3 unspecified atom stereocenters. The van der Waals surface area contributed by atoms with Gasteiger partial charge in [0.15, 0.2) is 0 Å². The number of amides is 1. The molecule has 0 rings (SSSR count). The van der Waals surface area contributed by atoms with Gasteiger partial charge in [-0.3, -0.25) is 4.79 Å². The molecule has 63 heavy (non-hydrogen) atoms. The summed E-state index contributed by atoms with van der Waals surface area (Å²) in [5, 5.41) is 33.7. The van der Waals surface area contributed by atoms with Crippen molar-refractivity contribution in [3.8, 4) is 0 Å². The van der Waals surface area contributed by atoms with Crippen LogP contribution >= 0.6 is 0 Å². The van der Waals surface area contributed by atoms with E-state index in [2.05, 4.69) is 19.2 Å². The molecule has 0 saturated carbocycles. The highest BCUT2D eigenvalue weighted by molar-refractivity contribution is 5.76. The minimum atomic E-state index is -0.745. The molecule has 378 valence electrons. The van der Waals surface area contributed by atoms with Crippen molar-refractivity contribution >= 4 is 5.91 Å². The number of carbonyl (C=O) groups is 1. The molecule has 0 bridgehead atoms. The molecule has 0 radical (unpaired) electrons. The number of rotatable bonds is 55. The molecular weight excluding hydrogens is 775 g/mol. The lowest BCUT2D eigenvalue weighted by Crippen LogP contribution is -2.46. The molecule has 3 atom stereocenters. The highest BCUT2D eigenvalue weighted by atomic mass is 16.3. The Morgan fingerprint density at radius 2 is 0.540 bits per heavy atom. The fraction of sp³-hybridized carbons (Fsp3) is 0.983. The second-order valence-electron chi connectivity index (χ2n) is 20.6. The molecule has 0 spiro atoms. The fourth-order valence-corrected chi connectivity index (χ4v) is 9.70. The normalized spacial score (nSPS) is 13.2. The maximum Gasteiger partial charge on any atom is 0.222 e. The molecular formula is C58H117NO4. The van der Waals surface area contributed by atoms with Gasteiger partial charge in [0.1, 0.15) is 0 Å². The van der Waals surface area contributed by atoms with Crippen molar-refractivity contribution in [2.24, 2.45) is 0 Å². The number of hydrogen-bond acceptors (Lipinski definition) is 4. The Balaban J connectivity index is 3.47. The van der Waals surface area contributed by atoms with Gasteiger partial charge in [-0.05, 0) is 12.8 Å². The number of hydrogen-bond donors (Lipinski definition) is 4. The topological polar surface area (TPSA) is 89.8 Å². The highest BCUT2D eigenvalue weighted by Gasteiger charge is 2.21. The fourth-order valence-electron chi connectivity index (χ4n) is 9.70. The number of nitrogens with one attached hydrogen (secondary N) is 1. The first-order valence-electron chi connectivity index (χ1n) is 29.3. The Morgan fingerprint density at radius 3 is 0.762 bits per heavy atom. The third kappa shape index (κ3) is 50.6. The molecule has 0 aromatic rings. The van der Waals surface area contributed by atoms with Crippen LogP contribution in [0.15, 0.2) is 0 Å². The molecule has 0 aliphatic heterocycles. The summed E-state index contributed by atoms with van der Waals surface area (Å²) in [6, 6.07) is -0.654. The monoisotopic (exact) mass is 892 g/mol. The first kappa shape index (κ1) is 62.4. The van der Waals surface area contributed by atoms with Gasteiger partial charge in [-0.25, -0.2) is 0 Å². The van der Waals surface area contributed by atoms with Crippen LogP contribution in [-0.4, -0.2) is 46.1 Å². The van der Waals surface area contributed by atoms with Crippen molar-refractivity contribution in [1.29, 1.82) is 0 Å². The van der Waals surface area contributed by atoms with Gasteiger partial charge in [0.05, 0.1) is 31.3 Å². The van der Waals surface area contributed by atoms with E-state index >= 15 is 0 Å². The second kappa shape index (κ2) is 54.0. The molecule has 0 aromatic heterocycles. The van der Waals surface area contributed by atoms with Crippen molar-refractivity contribution in [2.45, 2.75) is 360 Å². The highest BCUT2D eigenvalue weighted by Crippen LogP contribution is 2.19. The lowest BCUT2D eigenvalue weighted by Gasteiger charge is -2.23. The molecule has 5 nitrogen and oxygen atoms in total. The van der Waals surface area contributed by atoms with E-state index in [0.717, 1.165) is 25.7 Å². The summed E-state index contributed by atoms with van der Waals surface area (Å²) in [6.07, 6.45) is 65.6. The van der Waals surface area contributed by atoms with E-state index in [1.54, 1.807) is 0 Å². The van der Waals surface area contributed by atoms with Crippen molar-refractivity contribution in [1.82, 2.24) is 5.32 Å². The van der Waals surface area contributed by atoms with E-state index in [0.29, 0.717) is 12.8 Å². The van der Waals surface area contributed by atoms with Crippen molar-refractivity contribution in [3.63, 3.8) is 0 Å². The van der Waals surface area contributed by atoms with Crippen LogP contribution in [0.3, 0.4) is 0 Å². The van der Waals surface area contributed by atoms with Crippen molar-refractivity contribution in [2.75, 3.05) is 6.61 Å². The largest absolute Gasteiger partial charge is 0.394 e. The average Bonchev–Trinajstić information content (AvgIpc) is 3.28. The van der Waals surface area contributed by atoms with Crippen LogP contribution in [0, 0.1) is 0 Å². The average molecular weight is 893 g/mol. The molecule has 1 amide bonds. The first-order chi connectivity index (χ1) is 31.0. The second-order valence-corrected chi connectivity index (χ2v) is 20.6. The van der Waals surface area contributed by atoms with Crippen LogP contribution in [-0.2, 0) is 4.79 Å². The van der Waals surface area contributed by atoms with Gasteiger partial charge in [0, 0.05) is 0 Å². The van der Waals surface area contributed by atoms with Gasteiger partial charge >= 0.3 is 0 Å². The van der Waals surface area contributed by atoms with Crippen LogP contribution in [0.25, 0.3) is 0 Å². The van der Waals surface area contributed by atoms with Gasteiger partial charge in [-0.2, -0.15) is 0 Å². The third-order valence-corrected chi connectivity index (χ3v) is 14.2. The molecule has 5 heteroatoms. The molecule has 0 saturated heterocycles. The van der Waals surface area contributed by atoms with Crippen LogP contribution in [0.1, 0.15) is 341 Å². The molecule has 0 fully saturated rings. The summed E-state index contributed by atoms with van der Waals surface area (Å²) < 4.78 is 0. The molecule has 0 aliphatic rings. The van der Waals surface area contributed by atoms with E-state index in [9.17, 15) is 20.1 Å². The predicted octanol–water partition coefficient (Wildman–Crippen LogP) is 18.1. The van der Waals surface area contributed by atoms with Gasteiger partial charge in [-0.1, -0.05) is 322 Å². The SMILES string of the molecule is CCCCCCCCCCCCCCCCCCCCCCCCCCCCCC(O)CC(=O)NC(CO)C(O)CCCCCCCCCCCCCCCCCCCCCCC. The van der Waals surface area contributed by atoms with E-state index in [-0.39, 0.29) is 18.9 Å². The standard InChI is InChI=1S/C58H117NO4/c1-3-5-7-9-11-13-15-17-19-21-23-25-26-27-28-29-30-32-33-35-37-39-41-43-45-47-49-51-55(61)53-58(63)59-56(54-60)57(62)52-50-48-46-44-42-40-38-36-34-31-24-22-20-18-16-14-12-10-8-6-4-2/h55-57,60-62H,3-54H2,1-2H3,(H,59,63). The van der Waals surface area contributed by atoms with E-state index in [4.69, 9.17) is 0 Å². The molecule has 0 aliphatic carbocycles. The Bertz CT molecular complexity index is 853. The van der Waals surface area contributed by atoms with Crippen molar-refractivity contribution in [3.05, 3.63) is 0 Å². The number of unbranched alkanes of at least 4 members (excludes halogenated alkanes) is 46. The lowest BCUT2D eigenvalue weighted by molar-refractivity contribution is -0.125. The Hall–Kier alpha value is -0.650. The summed E-state index contributed by atoms with van der Waals surface area (Å²) in [4.78, 5) is 12.6. The zero-order valence-corrected chi connectivity index (χ0v) is 43.3. The lowest BCUT2D eigenvalue weighted by atomic mass is 10.0. The number of aliphatic hydroxyl groups excluding tert-OH is 3. The first-order valence-corrected chi connectivity index (χ1v) is 29.3. The molecule has 4 N–H and O–H groups in total. The zero-order valence-electron chi connectivity index (χ0n) is 43.3. The zero-order chi connectivity index (χ0) is 45.8. The quantitative estimate of drug-likeness (QED) is 0.0458. The van der Waals surface area contributed by atoms with E-state index in [1.165, 1.54) is 283 Å². The van der Waals surface area contributed by atoms with Gasteiger partial charge in [-0.15, -0.1) is 0 Å². The Kier molecular flexibility index (Phi) is 53.4. The van der Waals surface area contributed by atoms with Crippen molar-refractivity contribution < 1.29 is 20.1 Å². The smallest absolute Gasteiger partial charge is 0.222 e. The Morgan fingerprint density at radius 1 is 0.333 bits per heavy atom. The summed E-state index contributed by atoms with van der Waals surface area (Å²) in [5.41, 5.74) is 0. The van der Waals surface area contributed by atoms with Gasteiger partial charge in [0.25, 0.3) is 0 Å². The predicted molar refractivity (Wildman–Crippen MR) is 278 cm³/mol. The Labute approximate surface area is 396 Å². The van der Waals surface area contributed by atoms with Crippen LogP contribution in [0.2, 0.25) is 0 Å². The summed E-state index contributed by atoms with van der Waals surface area (Å²) >= 11 is 0. The third-order valence-electron chi connectivity index (χ3n) is 14.2. The molecule has 0 aromatic carbocycles. The summed E-state index contributed by atoms with van der Waals surface area (Å²) in [5.74, 6) is -0.274. The summed E-state index contributed by atoms with van der Waals surface area (Å²) in [7, 11) is 0. The minimum Gasteiger partial charge on any atom is -0.394 e. The summed E-state index contributed by atoms with van der Waals surface area (Å²) in [6.45, 7) is 4.31. The van der Waals surface area contributed by atoms with E-state index in [1.807, 2.05) is 0 Å².